The zero-order valence-electron chi connectivity index (χ0n) is 6.66. The van der Waals surface area contributed by atoms with Gasteiger partial charge in [-0.05, 0) is 6.07 Å². The van der Waals surface area contributed by atoms with Crippen molar-refractivity contribution in [2.45, 2.75) is 6.04 Å². The molecule has 4 nitrogen and oxygen atoms in total. The maximum atomic E-state index is 11.3. The van der Waals surface area contributed by atoms with Crippen molar-refractivity contribution in [3.63, 3.8) is 0 Å². The van der Waals surface area contributed by atoms with E-state index in [1.165, 1.54) is 6.07 Å². The molecule has 1 aromatic rings. The molecule has 0 unspecified atom stereocenters. The van der Waals surface area contributed by atoms with Gasteiger partial charge in [0.2, 0.25) is 0 Å². The molecule has 0 spiro atoms. The third kappa shape index (κ3) is 1.10. The normalized spacial score (nSPS) is 17.3. The zero-order chi connectivity index (χ0) is 8.55. The van der Waals surface area contributed by atoms with Gasteiger partial charge >= 0.3 is 0 Å². The Labute approximate surface area is 70.0 Å². The van der Waals surface area contributed by atoms with Crippen molar-refractivity contribution in [3.8, 4) is 0 Å². The Kier molecular flexibility index (Phi) is 1.62. The summed E-state index contributed by atoms with van der Waals surface area (Å²) in [7, 11) is 0. The van der Waals surface area contributed by atoms with Gasteiger partial charge in [0.15, 0.2) is 0 Å². The standard InChI is InChI=1S/C8H11N3O/c9-6-1-2-8(12)11(5-6)7-3-10-4-7/h1-2,5,7,10H,3-4,9H2. The number of nitrogens with zero attached hydrogens (tertiary/aromatic N) is 1. The van der Waals surface area contributed by atoms with Crippen LogP contribution in [0.2, 0.25) is 0 Å². The third-order valence-electron chi connectivity index (χ3n) is 2.11. The van der Waals surface area contributed by atoms with Gasteiger partial charge in [-0.25, -0.2) is 0 Å². The van der Waals surface area contributed by atoms with E-state index in [-0.39, 0.29) is 5.56 Å². The van der Waals surface area contributed by atoms with Gasteiger partial charge < -0.3 is 15.6 Å². The largest absolute Gasteiger partial charge is 0.398 e. The maximum Gasteiger partial charge on any atom is 0.250 e. The van der Waals surface area contributed by atoms with Crippen molar-refractivity contribution in [2.24, 2.45) is 0 Å². The Morgan fingerprint density at radius 3 is 2.83 bits per heavy atom. The summed E-state index contributed by atoms with van der Waals surface area (Å²) < 4.78 is 1.69. The lowest BCUT2D eigenvalue weighted by Gasteiger charge is -2.29. The lowest BCUT2D eigenvalue weighted by Crippen LogP contribution is -2.46. The number of anilines is 1. The van der Waals surface area contributed by atoms with E-state index in [2.05, 4.69) is 5.32 Å². The number of aromatic nitrogens is 1. The van der Waals surface area contributed by atoms with E-state index in [9.17, 15) is 4.79 Å². The van der Waals surface area contributed by atoms with Gasteiger partial charge in [-0.2, -0.15) is 0 Å². The van der Waals surface area contributed by atoms with Crippen LogP contribution in [0.15, 0.2) is 23.1 Å². The molecule has 0 saturated carbocycles. The fourth-order valence-electron chi connectivity index (χ4n) is 1.28. The summed E-state index contributed by atoms with van der Waals surface area (Å²) >= 11 is 0. The molecule has 12 heavy (non-hydrogen) atoms. The van der Waals surface area contributed by atoms with Crippen molar-refractivity contribution in [1.82, 2.24) is 9.88 Å². The third-order valence-corrected chi connectivity index (χ3v) is 2.11. The number of pyridine rings is 1. The molecule has 1 aromatic heterocycles. The molecule has 0 radical (unpaired) electrons. The molecule has 1 fully saturated rings. The average Bonchev–Trinajstić information content (AvgIpc) is 1.93. The van der Waals surface area contributed by atoms with Crippen LogP contribution in [0.3, 0.4) is 0 Å². The fraction of sp³-hybridized carbons (Fsp3) is 0.375. The summed E-state index contributed by atoms with van der Waals surface area (Å²) in [5.41, 5.74) is 6.23. The molecular weight excluding hydrogens is 154 g/mol. The van der Waals surface area contributed by atoms with Crippen LogP contribution in [0.4, 0.5) is 5.69 Å². The second-order valence-corrected chi connectivity index (χ2v) is 3.02. The van der Waals surface area contributed by atoms with Crippen LogP contribution >= 0.6 is 0 Å². The van der Waals surface area contributed by atoms with Gasteiger partial charge in [0, 0.05) is 31.0 Å². The van der Waals surface area contributed by atoms with Gasteiger partial charge in [0.25, 0.3) is 5.56 Å². The Hall–Kier alpha value is -1.29. The Morgan fingerprint density at radius 1 is 1.50 bits per heavy atom. The second kappa shape index (κ2) is 2.64. The average molecular weight is 165 g/mol. The van der Waals surface area contributed by atoms with Crippen molar-refractivity contribution in [1.29, 1.82) is 0 Å². The first-order valence-corrected chi connectivity index (χ1v) is 3.96. The lowest BCUT2D eigenvalue weighted by molar-refractivity contribution is 0.336. The highest BCUT2D eigenvalue weighted by Gasteiger charge is 2.18. The van der Waals surface area contributed by atoms with Crippen LogP contribution in [0.25, 0.3) is 0 Å². The topological polar surface area (TPSA) is 60.1 Å². The Balaban J connectivity index is 2.40. The molecule has 2 rings (SSSR count). The second-order valence-electron chi connectivity index (χ2n) is 3.02. The van der Waals surface area contributed by atoms with Crippen LogP contribution in [-0.2, 0) is 0 Å². The molecular formula is C8H11N3O. The highest BCUT2D eigenvalue weighted by Crippen LogP contribution is 2.09. The predicted molar refractivity (Wildman–Crippen MR) is 47.0 cm³/mol. The monoisotopic (exact) mass is 165 g/mol. The van der Waals surface area contributed by atoms with Crippen LogP contribution in [0.5, 0.6) is 0 Å². The lowest BCUT2D eigenvalue weighted by atomic mass is 10.2. The van der Waals surface area contributed by atoms with Crippen LogP contribution < -0.4 is 16.6 Å². The van der Waals surface area contributed by atoms with Gasteiger partial charge in [-0.3, -0.25) is 4.79 Å². The first-order valence-electron chi connectivity index (χ1n) is 3.96. The van der Waals surface area contributed by atoms with Gasteiger partial charge in [-0.1, -0.05) is 0 Å². The van der Waals surface area contributed by atoms with Crippen molar-refractivity contribution in [2.75, 3.05) is 18.8 Å². The molecule has 0 bridgehead atoms. The van der Waals surface area contributed by atoms with E-state index in [0.717, 1.165) is 13.1 Å². The van der Waals surface area contributed by atoms with E-state index in [0.29, 0.717) is 11.7 Å². The minimum Gasteiger partial charge on any atom is -0.398 e. The van der Waals surface area contributed by atoms with Gasteiger partial charge in [-0.15, -0.1) is 0 Å². The Bertz CT molecular complexity index is 340. The minimum atomic E-state index is 0.0238. The summed E-state index contributed by atoms with van der Waals surface area (Å²) in [5, 5.41) is 3.11. The molecule has 0 aromatic carbocycles. The van der Waals surface area contributed by atoms with Crippen LogP contribution in [0.1, 0.15) is 6.04 Å². The summed E-state index contributed by atoms with van der Waals surface area (Å²) in [6.45, 7) is 1.73. The molecule has 64 valence electrons. The number of nitrogen functional groups attached to an aromatic ring is 1. The number of nitrogens with two attached hydrogens (primary N) is 1. The molecule has 3 N–H and O–H groups in total. The maximum absolute atomic E-state index is 11.3. The molecule has 1 aliphatic rings. The molecule has 0 aliphatic carbocycles. The zero-order valence-corrected chi connectivity index (χ0v) is 6.66. The summed E-state index contributed by atoms with van der Waals surface area (Å²) in [4.78, 5) is 11.3. The van der Waals surface area contributed by atoms with Crippen molar-refractivity contribution >= 4 is 5.69 Å². The predicted octanol–water partition coefficient (Wildman–Crippen LogP) is -0.425. The van der Waals surface area contributed by atoms with E-state index in [1.54, 1.807) is 16.8 Å². The van der Waals surface area contributed by atoms with E-state index < -0.39 is 0 Å². The molecule has 2 heterocycles. The van der Waals surface area contributed by atoms with E-state index in [1.807, 2.05) is 0 Å². The smallest absolute Gasteiger partial charge is 0.250 e. The number of hydrogen-bond acceptors (Lipinski definition) is 3. The Morgan fingerprint density at radius 2 is 2.25 bits per heavy atom. The molecule has 0 amide bonds. The number of rotatable bonds is 1. The van der Waals surface area contributed by atoms with Gasteiger partial charge in [0.1, 0.15) is 0 Å². The van der Waals surface area contributed by atoms with Gasteiger partial charge in [0.05, 0.1) is 6.04 Å². The number of nitrogens with one attached hydrogen (secondary N) is 1. The van der Waals surface area contributed by atoms with Crippen LogP contribution in [-0.4, -0.2) is 17.7 Å². The number of hydrogen-bond donors (Lipinski definition) is 2. The van der Waals surface area contributed by atoms with Crippen molar-refractivity contribution in [3.05, 3.63) is 28.7 Å². The van der Waals surface area contributed by atoms with Crippen molar-refractivity contribution < 1.29 is 0 Å². The summed E-state index contributed by atoms with van der Waals surface area (Å²) in [6.07, 6.45) is 1.70. The summed E-state index contributed by atoms with van der Waals surface area (Å²) in [5.74, 6) is 0. The van der Waals surface area contributed by atoms with E-state index in [4.69, 9.17) is 5.73 Å². The fourth-order valence-corrected chi connectivity index (χ4v) is 1.28. The first kappa shape index (κ1) is 7.36. The first-order chi connectivity index (χ1) is 5.77. The van der Waals surface area contributed by atoms with E-state index >= 15 is 0 Å². The SMILES string of the molecule is Nc1ccc(=O)n(C2CNC2)c1. The highest BCUT2D eigenvalue weighted by atomic mass is 16.1. The molecule has 4 heteroatoms. The molecule has 1 aliphatic heterocycles. The quantitative estimate of drug-likeness (QED) is 0.594. The van der Waals surface area contributed by atoms with Crippen LogP contribution in [0, 0.1) is 0 Å². The molecule has 1 saturated heterocycles. The minimum absolute atomic E-state index is 0.0238. The molecule has 0 atom stereocenters. The summed E-state index contributed by atoms with van der Waals surface area (Å²) in [6, 6.07) is 3.43. The highest BCUT2D eigenvalue weighted by molar-refractivity contribution is 5.33.